The van der Waals surface area contributed by atoms with Gasteiger partial charge in [-0.05, 0) is 36.4 Å². The number of hydrogen-bond acceptors (Lipinski definition) is 4. The first-order valence-corrected chi connectivity index (χ1v) is 9.26. The Kier molecular flexibility index (Phi) is 5.36. The van der Waals surface area contributed by atoms with Crippen LogP contribution in [0.4, 0.5) is 11.4 Å². The average molecular weight is 378 g/mol. The van der Waals surface area contributed by atoms with E-state index in [9.17, 15) is 9.59 Å². The quantitative estimate of drug-likeness (QED) is 0.637. The summed E-state index contributed by atoms with van der Waals surface area (Å²) >= 11 is 0. The SMILES string of the molecule is O=C(CN1CCOCC1)Nc1ccc(NC(=O)c2cc3ccccc3[nH]2)cc1. The number of carbonyl (C=O) groups is 2. The molecule has 7 nitrogen and oxygen atoms in total. The zero-order valence-electron chi connectivity index (χ0n) is 15.4. The lowest BCUT2D eigenvalue weighted by Crippen LogP contribution is -2.41. The number of aromatic nitrogens is 1. The van der Waals surface area contributed by atoms with Crippen LogP contribution in [0.3, 0.4) is 0 Å². The van der Waals surface area contributed by atoms with Gasteiger partial charge in [-0.15, -0.1) is 0 Å². The summed E-state index contributed by atoms with van der Waals surface area (Å²) in [6.45, 7) is 3.22. The molecule has 0 saturated carbocycles. The van der Waals surface area contributed by atoms with Crippen molar-refractivity contribution in [3.05, 3.63) is 60.3 Å². The molecule has 2 aromatic carbocycles. The summed E-state index contributed by atoms with van der Waals surface area (Å²) in [5, 5.41) is 6.73. The van der Waals surface area contributed by atoms with Crippen molar-refractivity contribution in [1.82, 2.24) is 9.88 Å². The molecule has 4 rings (SSSR count). The van der Waals surface area contributed by atoms with Crippen LogP contribution in [0.15, 0.2) is 54.6 Å². The van der Waals surface area contributed by atoms with Gasteiger partial charge in [0.05, 0.1) is 19.8 Å². The van der Waals surface area contributed by atoms with Gasteiger partial charge in [0.2, 0.25) is 5.91 Å². The minimum atomic E-state index is -0.208. The third-order valence-electron chi connectivity index (χ3n) is 4.67. The standard InChI is InChI=1S/C21H22N4O3/c26-20(14-25-9-11-28-12-10-25)22-16-5-7-17(8-6-16)23-21(27)19-13-15-3-1-2-4-18(15)24-19/h1-8,13,24H,9-12,14H2,(H,22,26)(H,23,27). The Bertz CT molecular complexity index is 942. The Hall–Kier alpha value is -3.16. The number of nitrogens with zero attached hydrogens (tertiary/aromatic N) is 1. The first kappa shape index (κ1) is 18.2. The maximum Gasteiger partial charge on any atom is 0.272 e. The summed E-state index contributed by atoms with van der Waals surface area (Å²) in [5.74, 6) is -0.267. The molecule has 0 aliphatic carbocycles. The lowest BCUT2D eigenvalue weighted by atomic mass is 10.2. The Morgan fingerprint density at radius 1 is 0.964 bits per heavy atom. The molecule has 28 heavy (non-hydrogen) atoms. The predicted octanol–water partition coefficient (Wildman–Crippen LogP) is 2.69. The van der Waals surface area contributed by atoms with Crippen LogP contribution in [0.2, 0.25) is 0 Å². The van der Waals surface area contributed by atoms with Crippen LogP contribution in [0, 0.1) is 0 Å². The van der Waals surface area contributed by atoms with E-state index in [0.717, 1.165) is 24.0 Å². The number of para-hydroxylation sites is 1. The van der Waals surface area contributed by atoms with Crippen molar-refractivity contribution in [1.29, 1.82) is 0 Å². The highest BCUT2D eigenvalue weighted by Gasteiger charge is 2.14. The van der Waals surface area contributed by atoms with E-state index in [1.807, 2.05) is 30.3 Å². The van der Waals surface area contributed by atoms with E-state index in [1.165, 1.54) is 0 Å². The fraction of sp³-hybridized carbons (Fsp3) is 0.238. The first-order valence-electron chi connectivity index (χ1n) is 9.26. The van der Waals surface area contributed by atoms with Gasteiger partial charge in [-0.2, -0.15) is 0 Å². The number of ether oxygens (including phenoxy) is 1. The lowest BCUT2D eigenvalue weighted by molar-refractivity contribution is -0.118. The number of morpholine rings is 1. The smallest absolute Gasteiger partial charge is 0.272 e. The molecule has 3 N–H and O–H groups in total. The molecule has 2 amide bonds. The molecule has 1 aromatic heterocycles. The van der Waals surface area contributed by atoms with Crippen molar-refractivity contribution in [2.24, 2.45) is 0 Å². The monoisotopic (exact) mass is 378 g/mol. The van der Waals surface area contributed by atoms with E-state index in [4.69, 9.17) is 4.74 Å². The second-order valence-corrected chi connectivity index (χ2v) is 6.74. The molecule has 144 valence electrons. The van der Waals surface area contributed by atoms with Crippen LogP contribution in [0.1, 0.15) is 10.5 Å². The Balaban J connectivity index is 1.33. The van der Waals surface area contributed by atoms with Crippen LogP contribution in [-0.4, -0.2) is 54.5 Å². The van der Waals surface area contributed by atoms with Gasteiger partial charge in [-0.25, -0.2) is 0 Å². The molecule has 1 aliphatic heterocycles. The largest absolute Gasteiger partial charge is 0.379 e. The number of H-pyrrole nitrogens is 1. The van der Waals surface area contributed by atoms with Gasteiger partial charge in [0.15, 0.2) is 0 Å². The summed E-state index contributed by atoms with van der Waals surface area (Å²) in [5.41, 5.74) is 2.78. The fourth-order valence-corrected chi connectivity index (χ4v) is 3.19. The minimum Gasteiger partial charge on any atom is -0.379 e. The number of benzene rings is 2. The highest BCUT2D eigenvalue weighted by molar-refractivity contribution is 6.06. The third kappa shape index (κ3) is 4.39. The van der Waals surface area contributed by atoms with Crippen molar-refractivity contribution in [2.45, 2.75) is 0 Å². The van der Waals surface area contributed by atoms with Crippen LogP contribution < -0.4 is 10.6 Å². The molecule has 2 heterocycles. The molecule has 1 fully saturated rings. The lowest BCUT2D eigenvalue weighted by Gasteiger charge is -2.25. The van der Waals surface area contributed by atoms with E-state index in [0.29, 0.717) is 36.8 Å². The Morgan fingerprint density at radius 2 is 1.64 bits per heavy atom. The molecule has 3 aromatic rings. The van der Waals surface area contributed by atoms with E-state index in [1.54, 1.807) is 24.3 Å². The Morgan fingerprint density at radius 3 is 2.36 bits per heavy atom. The normalized spacial score (nSPS) is 14.7. The second-order valence-electron chi connectivity index (χ2n) is 6.74. The van der Waals surface area contributed by atoms with E-state index >= 15 is 0 Å². The number of hydrogen-bond donors (Lipinski definition) is 3. The summed E-state index contributed by atoms with van der Waals surface area (Å²) in [7, 11) is 0. The van der Waals surface area contributed by atoms with Crippen molar-refractivity contribution in [2.75, 3.05) is 43.5 Å². The topological polar surface area (TPSA) is 86.5 Å². The van der Waals surface area contributed by atoms with Gasteiger partial charge in [-0.3, -0.25) is 14.5 Å². The molecule has 1 aliphatic rings. The minimum absolute atomic E-state index is 0.0586. The molecule has 0 bridgehead atoms. The Labute approximate surface area is 162 Å². The number of amides is 2. The van der Waals surface area contributed by atoms with Crippen molar-refractivity contribution >= 4 is 34.1 Å². The van der Waals surface area contributed by atoms with Gasteiger partial charge in [0, 0.05) is 35.4 Å². The van der Waals surface area contributed by atoms with Gasteiger partial charge in [-0.1, -0.05) is 18.2 Å². The van der Waals surface area contributed by atoms with Crippen LogP contribution in [0.5, 0.6) is 0 Å². The molecular formula is C21H22N4O3. The highest BCUT2D eigenvalue weighted by atomic mass is 16.5. The molecule has 0 spiro atoms. The summed E-state index contributed by atoms with van der Waals surface area (Å²) in [4.78, 5) is 29.8. The summed E-state index contributed by atoms with van der Waals surface area (Å²) < 4.78 is 5.28. The predicted molar refractivity (Wildman–Crippen MR) is 109 cm³/mol. The molecule has 1 saturated heterocycles. The average Bonchev–Trinajstić information content (AvgIpc) is 3.15. The fourth-order valence-electron chi connectivity index (χ4n) is 3.19. The number of carbonyl (C=O) groups excluding carboxylic acids is 2. The number of nitrogens with one attached hydrogen (secondary N) is 3. The number of rotatable bonds is 5. The van der Waals surface area contributed by atoms with Crippen molar-refractivity contribution in [3.63, 3.8) is 0 Å². The van der Waals surface area contributed by atoms with Gasteiger partial charge >= 0.3 is 0 Å². The van der Waals surface area contributed by atoms with E-state index < -0.39 is 0 Å². The summed E-state index contributed by atoms with van der Waals surface area (Å²) in [6.07, 6.45) is 0. The van der Waals surface area contributed by atoms with E-state index in [2.05, 4.69) is 20.5 Å². The molecule has 7 heteroatoms. The molecular weight excluding hydrogens is 356 g/mol. The second kappa shape index (κ2) is 8.24. The molecule has 0 atom stereocenters. The first-order chi connectivity index (χ1) is 13.7. The van der Waals surface area contributed by atoms with Crippen LogP contribution in [-0.2, 0) is 9.53 Å². The number of anilines is 2. The zero-order chi connectivity index (χ0) is 19.3. The van der Waals surface area contributed by atoms with E-state index in [-0.39, 0.29) is 11.8 Å². The van der Waals surface area contributed by atoms with Crippen LogP contribution >= 0.6 is 0 Å². The maximum atomic E-state index is 12.4. The summed E-state index contributed by atoms with van der Waals surface area (Å²) in [6, 6.07) is 16.7. The highest BCUT2D eigenvalue weighted by Crippen LogP contribution is 2.18. The van der Waals surface area contributed by atoms with Gasteiger partial charge in [0.25, 0.3) is 5.91 Å². The number of aromatic amines is 1. The third-order valence-corrected chi connectivity index (χ3v) is 4.67. The number of fused-ring (bicyclic) bond motifs is 1. The van der Waals surface area contributed by atoms with Gasteiger partial charge < -0.3 is 20.4 Å². The van der Waals surface area contributed by atoms with Gasteiger partial charge in [0.1, 0.15) is 5.69 Å². The maximum absolute atomic E-state index is 12.4. The molecule has 0 radical (unpaired) electrons. The van der Waals surface area contributed by atoms with Crippen molar-refractivity contribution < 1.29 is 14.3 Å². The molecule has 0 unspecified atom stereocenters. The van der Waals surface area contributed by atoms with Crippen LogP contribution in [0.25, 0.3) is 10.9 Å². The zero-order valence-corrected chi connectivity index (χ0v) is 15.4. The van der Waals surface area contributed by atoms with Crippen molar-refractivity contribution in [3.8, 4) is 0 Å².